The van der Waals surface area contributed by atoms with Gasteiger partial charge in [-0.15, -0.1) is 0 Å². The monoisotopic (exact) mass is 463 g/mol. The minimum atomic E-state index is -3.81. The molecule has 2 aromatic carbocycles. The van der Waals surface area contributed by atoms with Gasteiger partial charge in [0.15, 0.2) is 0 Å². The van der Waals surface area contributed by atoms with Crippen LogP contribution in [0.25, 0.3) is 0 Å². The number of aryl methyl sites for hydroxylation is 3. The molecule has 0 saturated carbocycles. The molecule has 0 aromatic heterocycles. The number of sulfonamides is 1. The number of nitrogens with one attached hydrogen (secondary N) is 1. The Morgan fingerprint density at radius 3 is 2.35 bits per heavy atom. The summed E-state index contributed by atoms with van der Waals surface area (Å²) in [7, 11) is -3.81. The minimum absolute atomic E-state index is 0.0230. The van der Waals surface area contributed by atoms with Gasteiger partial charge in [0.05, 0.1) is 4.90 Å². The lowest BCUT2D eigenvalue weighted by molar-refractivity contribution is -0.131. The van der Waals surface area contributed by atoms with Crippen molar-refractivity contribution in [3.63, 3.8) is 0 Å². The van der Waals surface area contributed by atoms with Gasteiger partial charge in [0.1, 0.15) is 0 Å². The van der Waals surface area contributed by atoms with Crippen LogP contribution in [0.2, 0.25) is 5.02 Å². The second-order valence-electron chi connectivity index (χ2n) is 8.08. The molecule has 1 amide bonds. The molecule has 1 N–H and O–H groups in total. The maximum absolute atomic E-state index is 13.7. The number of benzene rings is 2. The van der Waals surface area contributed by atoms with Gasteiger partial charge in [-0.1, -0.05) is 41.4 Å². The quantitative estimate of drug-likeness (QED) is 0.684. The SMILES string of the molecule is Cc1cc(C)c(S(=O)(=O)N(CCC(=O)N2CCNCC2)Cc2cccc(Cl)c2)c(C)c1. The summed E-state index contributed by atoms with van der Waals surface area (Å²) in [6, 6.07) is 10.9. The average molecular weight is 464 g/mol. The molecule has 31 heavy (non-hydrogen) atoms. The number of halogens is 1. The Morgan fingerprint density at radius 2 is 1.74 bits per heavy atom. The van der Waals surface area contributed by atoms with Crippen LogP contribution in [0.3, 0.4) is 0 Å². The normalized spacial score (nSPS) is 14.8. The summed E-state index contributed by atoms with van der Waals surface area (Å²) < 4.78 is 28.8. The largest absolute Gasteiger partial charge is 0.340 e. The van der Waals surface area contributed by atoms with Crippen LogP contribution in [0.4, 0.5) is 0 Å². The van der Waals surface area contributed by atoms with E-state index in [0.29, 0.717) is 34.1 Å². The first-order chi connectivity index (χ1) is 14.7. The minimum Gasteiger partial charge on any atom is -0.340 e. The number of nitrogens with zero attached hydrogens (tertiary/aromatic N) is 2. The Hall–Kier alpha value is -1.93. The molecule has 1 aliphatic heterocycles. The molecule has 0 radical (unpaired) electrons. The predicted octanol–water partition coefficient (Wildman–Crippen LogP) is 3.28. The molecule has 2 aromatic rings. The maximum atomic E-state index is 13.7. The van der Waals surface area contributed by atoms with Gasteiger partial charge >= 0.3 is 0 Å². The average Bonchev–Trinajstić information content (AvgIpc) is 2.70. The molecule has 1 fully saturated rings. The molecular formula is C23H30ClN3O3S. The fraction of sp³-hybridized carbons (Fsp3) is 0.435. The highest BCUT2D eigenvalue weighted by molar-refractivity contribution is 7.89. The smallest absolute Gasteiger partial charge is 0.243 e. The number of piperazine rings is 1. The van der Waals surface area contributed by atoms with Gasteiger partial charge in [0, 0.05) is 50.7 Å². The summed E-state index contributed by atoms with van der Waals surface area (Å²) >= 11 is 6.12. The second-order valence-corrected chi connectivity index (χ2v) is 10.4. The van der Waals surface area contributed by atoms with Gasteiger partial charge in [-0.3, -0.25) is 4.79 Å². The van der Waals surface area contributed by atoms with E-state index >= 15 is 0 Å². The lowest BCUT2D eigenvalue weighted by Gasteiger charge is -2.29. The van der Waals surface area contributed by atoms with E-state index in [9.17, 15) is 13.2 Å². The first kappa shape index (κ1) is 23.7. The van der Waals surface area contributed by atoms with Crippen molar-refractivity contribution in [2.45, 2.75) is 38.6 Å². The van der Waals surface area contributed by atoms with Crippen molar-refractivity contribution in [3.8, 4) is 0 Å². The van der Waals surface area contributed by atoms with Gasteiger partial charge < -0.3 is 10.2 Å². The van der Waals surface area contributed by atoms with Gasteiger partial charge in [-0.05, 0) is 49.6 Å². The van der Waals surface area contributed by atoms with Gasteiger partial charge in [-0.25, -0.2) is 8.42 Å². The van der Waals surface area contributed by atoms with Crippen LogP contribution in [0.5, 0.6) is 0 Å². The third-order valence-corrected chi connectivity index (χ3v) is 7.88. The number of hydrogen-bond donors (Lipinski definition) is 1. The van der Waals surface area contributed by atoms with E-state index in [1.165, 1.54) is 4.31 Å². The van der Waals surface area contributed by atoms with E-state index < -0.39 is 10.0 Å². The van der Waals surface area contributed by atoms with E-state index in [-0.39, 0.29) is 25.4 Å². The zero-order chi connectivity index (χ0) is 22.6. The third kappa shape index (κ3) is 5.86. The molecule has 1 heterocycles. The molecule has 1 saturated heterocycles. The fourth-order valence-electron chi connectivity index (χ4n) is 4.12. The van der Waals surface area contributed by atoms with E-state index in [4.69, 9.17) is 11.6 Å². The van der Waals surface area contributed by atoms with Gasteiger partial charge in [0.2, 0.25) is 15.9 Å². The summed E-state index contributed by atoms with van der Waals surface area (Å²) in [5, 5.41) is 3.77. The first-order valence-corrected chi connectivity index (χ1v) is 12.3. The summed E-state index contributed by atoms with van der Waals surface area (Å²) in [5.74, 6) is -0.0230. The molecule has 0 aliphatic carbocycles. The molecule has 0 unspecified atom stereocenters. The summed E-state index contributed by atoms with van der Waals surface area (Å²) in [6.07, 6.45) is 0.143. The van der Waals surface area contributed by atoms with E-state index in [2.05, 4.69) is 5.32 Å². The highest BCUT2D eigenvalue weighted by Crippen LogP contribution is 2.27. The van der Waals surface area contributed by atoms with Crippen molar-refractivity contribution in [1.29, 1.82) is 0 Å². The Labute approximate surface area is 190 Å². The molecule has 0 spiro atoms. The van der Waals surface area contributed by atoms with Crippen LogP contribution in [0.1, 0.15) is 28.7 Å². The number of carbonyl (C=O) groups excluding carboxylic acids is 1. The highest BCUT2D eigenvalue weighted by Gasteiger charge is 2.29. The molecule has 0 atom stereocenters. The van der Waals surface area contributed by atoms with Crippen LogP contribution in [0.15, 0.2) is 41.3 Å². The molecule has 0 bridgehead atoms. The van der Waals surface area contributed by atoms with Crippen LogP contribution in [-0.2, 0) is 21.4 Å². The van der Waals surface area contributed by atoms with Crippen molar-refractivity contribution < 1.29 is 13.2 Å². The van der Waals surface area contributed by atoms with Crippen molar-refractivity contribution in [3.05, 3.63) is 63.7 Å². The third-order valence-electron chi connectivity index (χ3n) is 5.50. The van der Waals surface area contributed by atoms with Gasteiger partial charge in [0.25, 0.3) is 0 Å². The summed E-state index contributed by atoms with van der Waals surface area (Å²) in [6.45, 7) is 8.68. The Bertz CT molecular complexity index is 1030. The summed E-state index contributed by atoms with van der Waals surface area (Å²) in [4.78, 5) is 14.8. The Balaban J connectivity index is 1.90. The van der Waals surface area contributed by atoms with E-state index in [1.54, 1.807) is 23.1 Å². The predicted molar refractivity (Wildman–Crippen MR) is 124 cm³/mol. The zero-order valence-electron chi connectivity index (χ0n) is 18.3. The number of amides is 1. The van der Waals surface area contributed by atoms with Crippen LogP contribution < -0.4 is 5.32 Å². The second kappa shape index (κ2) is 10.1. The maximum Gasteiger partial charge on any atom is 0.243 e. The molecule has 3 rings (SSSR count). The lowest BCUT2D eigenvalue weighted by atomic mass is 10.1. The molecule has 6 nitrogen and oxygen atoms in total. The molecule has 168 valence electrons. The highest BCUT2D eigenvalue weighted by atomic mass is 35.5. The summed E-state index contributed by atoms with van der Waals surface area (Å²) in [5.41, 5.74) is 3.22. The fourth-order valence-corrected chi connectivity index (χ4v) is 6.17. The van der Waals surface area contributed by atoms with Crippen LogP contribution in [0, 0.1) is 20.8 Å². The molecule has 8 heteroatoms. The zero-order valence-corrected chi connectivity index (χ0v) is 19.9. The first-order valence-electron chi connectivity index (χ1n) is 10.5. The Morgan fingerprint density at radius 1 is 1.10 bits per heavy atom. The van der Waals surface area contributed by atoms with Crippen molar-refractivity contribution >= 4 is 27.5 Å². The Kier molecular flexibility index (Phi) is 7.75. The van der Waals surface area contributed by atoms with Crippen LogP contribution >= 0.6 is 11.6 Å². The topological polar surface area (TPSA) is 69.7 Å². The number of hydrogen-bond acceptors (Lipinski definition) is 4. The van der Waals surface area contributed by atoms with Crippen LogP contribution in [-0.4, -0.2) is 56.3 Å². The van der Waals surface area contributed by atoms with Crippen molar-refractivity contribution in [2.75, 3.05) is 32.7 Å². The van der Waals surface area contributed by atoms with Crippen molar-refractivity contribution in [2.24, 2.45) is 0 Å². The lowest BCUT2D eigenvalue weighted by Crippen LogP contribution is -2.47. The molecule has 1 aliphatic rings. The van der Waals surface area contributed by atoms with Crippen molar-refractivity contribution in [1.82, 2.24) is 14.5 Å². The standard InChI is InChI=1S/C23H30ClN3O3S/c1-17-13-18(2)23(19(3)14-17)31(29,30)27(16-20-5-4-6-21(24)15-20)10-7-22(28)26-11-8-25-9-12-26/h4-6,13-15,25H,7-12,16H2,1-3H3. The van der Waals surface area contributed by atoms with E-state index in [0.717, 1.165) is 24.2 Å². The van der Waals surface area contributed by atoms with E-state index in [1.807, 2.05) is 39.0 Å². The molecular weight excluding hydrogens is 434 g/mol. The number of carbonyl (C=O) groups is 1. The van der Waals surface area contributed by atoms with Gasteiger partial charge in [-0.2, -0.15) is 4.31 Å². The number of rotatable bonds is 7.